The fourth-order valence-electron chi connectivity index (χ4n) is 8.19. The molecule has 0 radical (unpaired) electrons. The predicted octanol–water partition coefficient (Wildman–Crippen LogP) is 16.4. The average molecular weight is 758 g/mol. The molecule has 0 saturated carbocycles. The van der Waals surface area contributed by atoms with Gasteiger partial charge >= 0.3 is 0 Å². The minimum absolute atomic E-state index is 1.08. The molecule has 0 spiro atoms. The molecule has 0 unspecified atom stereocenters. The first kappa shape index (κ1) is 37.4. The Balaban J connectivity index is 1.01. The maximum absolute atomic E-state index is 2.37. The molecule has 0 amide bonds. The van der Waals surface area contributed by atoms with Crippen molar-refractivity contribution in [1.29, 1.82) is 0 Å². The van der Waals surface area contributed by atoms with Gasteiger partial charge in [0.05, 0.1) is 0 Å². The van der Waals surface area contributed by atoms with Gasteiger partial charge in [0.2, 0.25) is 0 Å². The van der Waals surface area contributed by atoms with E-state index in [2.05, 4.69) is 243 Å². The van der Waals surface area contributed by atoms with Gasteiger partial charge in [-0.05, 0) is 134 Å². The number of hydrogen-bond donors (Lipinski definition) is 0. The van der Waals surface area contributed by atoms with Crippen molar-refractivity contribution in [2.24, 2.45) is 0 Å². The van der Waals surface area contributed by atoms with Crippen LogP contribution in [0.2, 0.25) is 0 Å². The van der Waals surface area contributed by atoms with Crippen LogP contribution in [0.25, 0.3) is 66.8 Å². The molecule has 0 heterocycles. The molecule has 0 aromatic heterocycles. The van der Waals surface area contributed by atoms with E-state index in [1.54, 1.807) is 0 Å². The van der Waals surface area contributed by atoms with E-state index in [-0.39, 0.29) is 0 Å². The number of benzene rings is 9. The van der Waals surface area contributed by atoms with Crippen LogP contribution in [0.15, 0.2) is 224 Å². The van der Waals surface area contributed by atoms with E-state index < -0.39 is 0 Å². The second-order valence-electron chi connectivity index (χ2n) is 15.3. The Labute approximate surface area is 349 Å². The summed E-state index contributed by atoms with van der Waals surface area (Å²) in [5.74, 6) is 0. The molecule has 0 fully saturated rings. The second-order valence-corrected chi connectivity index (χ2v) is 15.3. The number of hydrogen-bond acceptors (Lipinski definition) is 1. The quantitative estimate of drug-likeness (QED) is 0.127. The van der Waals surface area contributed by atoms with Gasteiger partial charge in [-0.25, -0.2) is 0 Å². The summed E-state index contributed by atoms with van der Waals surface area (Å²) in [4.78, 5) is 2.35. The minimum atomic E-state index is 1.08. The monoisotopic (exact) mass is 757 g/mol. The Morgan fingerprint density at radius 3 is 1.03 bits per heavy atom. The SMILES string of the molecule is CCCc1ccccc1-c1cc(-c2ccc(N(c3ccc(-c4ccccc4)cc3)c3ccc(-c4ccc(-c5ccc(-c6ccccc6)cc5)cc4)cc3)cc2)ccc1C. The van der Waals surface area contributed by atoms with Gasteiger partial charge in [-0.1, -0.05) is 195 Å². The number of aryl methyl sites for hydroxylation is 2. The highest BCUT2D eigenvalue weighted by Gasteiger charge is 2.15. The molecule has 0 aliphatic carbocycles. The zero-order chi connectivity index (χ0) is 40.0. The lowest BCUT2D eigenvalue weighted by molar-refractivity contribution is 0.923. The molecule has 0 N–H and O–H groups in total. The predicted molar refractivity (Wildman–Crippen MR) is 252 cm³/mol. The molecule has 284 valence electrons. The zero-order valence-electron chi connectivity index (χ0n) is 33.7. The van der Waals surface area contributed by atoms with Crippen LogP contribution in [0.3, 0.4) is 0 Å². The Hall–Kier alpha value is -7.22. The van der Waals surface area contributed by atoms with E-state index in [1.807, 2.05) is 0 Å². The molecule has 59 heavy (non-hydrogen) atoms. The second kappa shape index (κ2) is 17.1. The van der Waals surface area contributed by atoms with E-state index in [0.717, 1.165) is 29.9 Å². The first-order valence-corrected chi connectivity index (χ1v) is 20.7. The Morgan fingerprint density at radius 2 is 0.627 bits per heavy atom. The van der Waals surface area contributed by atoms with Crippen molar-refractivity contribution in [3.05, 3.63) is 236 Å². The van der Waals surface area contributed by atoms with Crippen molar-refractivity contribution in [3.63, 3.8) is 0 Å². The van der Waals surface area contributed by atoms with Gasteiger partial charge in [-0.2, -0.15) is 0 Å². The lowest BCUT2D eigenvalue weighted by Crippen LogP contribution is -2.09. The number of anilines is 3. The molecule has 0 atom stereocenters. The summed E-state index contributed by atoms with van der Waals surface area (Å²) in [6.07, 6.45) is 2.21. The van der Waals surface area contributed by atoms with Crippen molar-refractivity contribution < 1.29 is 0 Å². The van der Waals surface area contributed by atoms with Crippen molar-refractivity contribution in [2.45, 2.75) is 26.7 Å². The first-order chi connectivity index (χ1) is 29.1. The highest BCUT2D eigenvalue weighted by Crippen LogP contribution is 2.39. The van der Waals surface area contributed by atoms with Crippen LogP contribution in [-0.4, -0.2) is 0 Å². The molecule has 0 aliphatic heterocycles. The van der Waals surface area contributed by atoms with Gasteiger partial charge in [0.25, 0.3) is 0 Å². The largest absolute Gasteiger partial charge is 0.311 e. The van der Waals surface area contributed by atoms with Gasteiger partial charge < -0.3 is 4.90 Å². The lowest BCUT2D eigenvalue weighted by atomic mass is 9.91. The molecular formula is C58H47N. The van der Waals surface area contributed by atoms with Crippen molar-refractivity contribution in [1.82, 2.24) is 0 Å². The molecule has 9 aromatic carbocycles. The van der Waals surface area contributed by atoms with Crippen LogP contribution in [0.1, 0.15) is 24.5 Å². The van der Waals surface area contributed by atoms with Gasteiger partial charge in [0, 0.05) is 17.1 Å². The topological polar surface area (TPSA) is 3.24 Å². The number of rotatable bonds is 11. The van der Waals surface area contributed by atoms with E-state index >= 15 is 0 Å². The summed E-state index contributed by atoms with van der Waals surface area (Å²) in [7, 11) is 0. The summed E-state index contributed by atoms with van der Waals surface area (Å²) in [6, 6.07) is 81.5. The molecule has 9 rings (SSSR count). The van der Waals surface area contributed by atoms with Gasteiger partial charge in [-0.3, -0.25) is 0 Å². The summed E-state index contributed by atoms with van der Waals surface area (Å²) in [5, 5.41) is 0. The van der Waals surface area contributed by atoms with E-state index in [1.165, 1.54) is 77.9 Å². The minimum Gasteiger partial charge on any atom is -0.311 e. The zero-order valence-corrected chi connectivity index (χ0v) is 33.7. The van der Waals surface area contributed by atoms with Gasteiger partial charge in [-0.15, -0.1) is 0 Å². The molecule has 0 bridgehead atoms. The molecular weight excluding hydrogens is 711 g/mol. The van der Waals surface area contributed by atoms with E-state index in [4.69, 9.17) is 0 Å². The molecule has 0 saturated heterocycles. The third kappa shape index (κ3) is 8.15. The van der Waals surface area contributed by atoms with E-state index in [0.29, 0.717) is 0 Å². The Kier molecular flexibility index (Phi) is 10.8. The highest BCUT2D eigenvalue weighted by molar-refractivity contribution is 5.83. The van der Waals surface area contributed by atoms with Gasteiger partial charge in [0.15, 0.2) is 0 Å². The van der Waals surface area contributed by atoms with Crippen LogP contribution in [0.5, 0.6) is 0 Å². The molecule has 1 heteroatoms. The van der Waals surface area contributed by atoms with Crippen LogP contribution in [0, 0.1) is 6.92 Å². The standard InChI is InChI=1S/C58H47N/c1-3-12-52-17-10-11-18-57(52)58-41-53(20-19-42(58)2)51-33-39-56(40-34-51)59(54-35-29-49(30-36-54)44-15-8-5-9-16-44)55-37-31-50(32-38-55)48-27-25-47(26-28-48)46-23-21-45(22-24-46)43-13-6-4-7-14-43/h4-11,13-41H,3,12H2,1-2H3. The average Bonchev–Trinajstić information content (AvgIpc) is 3.31. The lowest BCUT2D eigenvalue weighted by Gasteiger charge is -2.26. The van der Waals surface area contributed by atoms with Crippen molar-refractivity contribution in [3.8, 4) is 66.8 Å². The summed E-state index contributed by atoms with van der Waals surface area (Å²) >= 11 is 0. The fraction of sp³-hybridized carbons (Fsp3) is 0.0690. The normalized spacial score (nSPS) is 11.0. The maximum Gasteiger partial charge on any atom is 0.0462 e. The van der Waals surface area contributed by atoms with Crippen LogP contribution < -0.4 is 4.90 Å². The molecule has 9 aromatic rings. The summed E-state index contributed by atoms with van der Waals surface area (Å²) < 4.78 is 0. The fourth-order valence-corrected chi connectivity index (χ4v) is 8.19. The molecule has 1 nitrogen and oxygen atoms in total. The molecule has 0 aliphatic rings. The Bertz CT molecular complexity index is 2770. The van der Waals surface area contributed by atoms with Crippen LogP contribution >= 0.6 is 0 Å². The third-order valence-electron chi connectivity index (χ3n) is 11.4. The van der Waals surface area contributed by atoms with Crippen LogP contribution in [-0.2, 0) is 6.42 Å². The third-order valence-corrected chi connectivity index (χ3v) is 11.4. The maximum atomic E-state index is 2.37. The number of nitrogens with zero attached hydrogens (tertiary/aromatic N) is 1. The highest BCUT2D eigenvalue weighted by atomic mass is 15.1. The van der Waals surface area contributed by atoms with Crippen LogP contribution in [0.4, 0.5) is 17.1 Å². The van der Waals surface area contributed by atoms with Crippen molar-refractivity contribution >= 4 is 17.1 Å². The summed E-state index contributed by atoms with van der Waals surface area (Å²) in [5.41, 5.74) is 20.8. The van der Waals surface area contributed by atoms with E-state index in [9.17, 15) is 0 Å². The smallest absolute Gasteiger partial charge is 0.0462 e. The summed E-state index contributed by atoms with van der Waals surface area (Å²) in [6.45, 7) is 4.47. The first-order valence-electron chi connectivity index (χ1n) is 20.7. The van der Waals surface area contributed by atoms with Gasteiger partial charge in [0.1, 0.15) is 0 Å². The van der Waals surface area contributed by atoms with Crippen molar-refractivity contribution in [2.75, 3.05) is 4.90 Å². The Morgan fingerprint density at radius 1 is 0.305 bits per heavy atom.